The number of piperidine rings is 1. The van der Waals surface area contributed by atoms with Crippen molar-refractivity contribution >= 4 is 37.7 Å². The molecule has 2 aliphatic rings. The number of nitrogens with zero attached hydrogens (tertiary/aromatic N) is 6. The molecule has 7 nitrogen and oxygen atoms in total. The highest BCUT2D eigenvalue weighted by Crippen LogP contribution is 2.44. The molecule has 0 aliphatic carbocycles. The number of aromatic nitrogens is 4. The van der Waals surface area contributed by atoms with Crippen LogP contribution < -0.4 is 10.2 Å². The first-order valence-corrected chi connectivity index (χ1v) is 12.2. The van der Waals surface area contributed by atoms with E-state index >= 15 is 0 Å². The Bertz CT molecular complexity index is 1430. The first-order valence-electron chi connectivity index (χ1n) is 11.4. The maximum atomic E-state index is 9.62. The SMILES string of the molecule is CN(c1nc2ccc(-c3cc(C#N)c4nn(C)cc4c3)nc2s1)[C@H]1C[C@]2(C)CC[C@](C)(C1)N2. The normalized spacial score (nSPS) is 26.7. The minimum atomic E-state index is 0.220. The summed E-state index contributed by atoms with van der Waals surface area (Å²) >= 11 is 1.65. The second-order valence-electron chi connectivity index (χ2n) is 10.3. The minimum absolute atomic E-state index is 0.220. The molecular weight excluding hydrogens is 430 g/mol. The van der Waals surface area contributed by atoms with Crippen molar-refractivity contribution in [2.24, 2.45) is 7.05 Å². The fourth-order valence-electron chi connectivity index (χ4n) is 5.86. The predicted octanol–water partition coefficient (Wildman–Crippen LogP) is 4.62. The second kappa shape index (κ2) is 6.99. The van der Waals surface area contributed by atoms with Crippen LogP contribution in [0.1, 0.15) is 45.1 Å². The van der Waals surface area contributed by atoms with Gasteiger partial charge in [0.1, 0.15) is 21.9 Å². The van der Waals surface area contributed by atoms with E-state index in [0.717, 1.165) is 50.5 Å². The zero-order chi connectivity index (χ0) is 23.0. The molecule has 3 aromatic heterocycles. The predicted molar refractivity (Wildman–Crippen MR) is 132 cm³/mol. The number of rotatable bonds is 3. The Labute approximate surface area is 197 Å². The van der Waals surface area contributed by atoms with Gasteiger partial charge in [0.25, 0.3) is 0 Å². The van der Waals surface area contributed by atoms with Gasteiger partial charge in [-0.1, -0.05) is 11.3 Å². The summed E-state index contributed by atoms with van der Waals surface area (Å²) in [7, 11) is 4.05. The first kappa shape index (κ1) is 20.6. The Kier molecular flexibility index (Phi) is 4.36. The van der Waals surface area contributed by atoms with Gasteiger partial charge >= 0.3 is 0 Å². The summed E-state index contributed by atoms with van der Waals surface area (Å²) in [4.78, 5) is 13.1. The van der Waals surface area contributed by atoms with Gasteiger partial charge in [-0.15, -0.1) is 0 Å². The van der Waals surface area contributed by atoms with E-state index < -0.39 is 0 Å². The zero-order valence-corrected chi connectivity index (χ0v) is 20.2. The number of hydrogen-bond donors (Lipinski definition) is 1. The van der Waals surface area contributed by atoms with Crippen LogP contribution in [-0.2, 0) is 7.05 Å². The number of nitriles is 1. The van der Waals surface area contributed by atoms with E-state index in [1.807, 2.05) is 31.4 Å². The van der Waals surface area contributed by atoms with Gasteiger partial charge in [-0.2, -0.15) is 10.4 Å². The van der Waals surface area contributed by atoms with Crippen molar-refractivity contribution in [2.45, 2.75) is 56.7 Å². The number of thiazole rings is 1. The van der Waals surface area contributed by atoms with Crippen LogP contribution in [-0.4, -0.2) is 43.9 Å². The fraction of sp³-hybridized carbons (Fsp3) is 0.440. The number of nitrogens with one attached hydrogen (secondary N) is 1. The van der Waals surface area contributed by atoms with Crippen molar-refractivity contribution in [1.82, 2.24) is 25.1 Å². The van der Waals surface area contributed by atoms with Gasteiger partial charge in [-0.25, -0.2) is 9.97 Å². The van der Waals surface area contributed by atoms with Crippen LogP contribution >= 0.6 is 11.3 Å². The molecule has 0 amide bonds. The summed E-state index contributed by atoms with van der Waals surface area (Å²) in [6, 6.07) is 10.7. The topological polar surface area (TPSA) is 82.7 Å². The van der Waals surface area contributed by atoms with Crippen molar-refractivity contribution in [3.8, 4) is 17.3 Å². The lowest BCUT2D eigenvalue weighted by Crippen LogP contribution is -2.58. The highest BCUT2D eigenvalue weighted by molar-refractivity contribution is 7.21. The van der Waals surface area contributed by atoms with Crippen molar-refractivity contribution in [3.63, 3.8) is 0 Å². The van der Waals surface area contributed by atoms with Crippen molar-refractivity contribution < 1.29 is 0 Å². The third-order valence-electron chi connectivity index (χ3n) is 7.44. The molecule has 33 heavy (non-hydrogen) atoms. The van der Waals surface area contributed by atoms with Crippen LogP contribution in [0.15, 0.2) is 30.5 Å². The standard InChI is InChI=1S/C25H27N7S/c1-24-7-8-25(2,30-24)12-18(11-24)32(4)23-28-20-6-5-19(27-22(20)33-23)15-9-16(13-26)21-17(10-15)14-31(3)29-21/h5-6,9-10,14,18,30H,7-8,11-12H2,1-4H3/t18-,24-,25+. The summed E-state index contributed by atoms with van der Waals surface area (Å²) in [5.41, 5.74) is 4.43. The van der Waals surface area contributed by atoms with E-state index in [2.05, 4.69) is 48.3 Å². The number of anilines is 1. The van der Waals surface area contributed by atoms with Crippen molar-refractivity contribution in [1.29, 1.82) is 5.26 Å². The van der Waals surface area contributed by atoms with E-state index in [4.69, 9.17) is 9.97 Å². The molecule has 0 spiro atoms. The maximum absolute atomic E-state index is 9.62. The lowest BCUT2D eigenvalue weighted by Gasteiger charge is -2.45. The molecule has 2 aliphatic heterocycles. The summed E-state index contributed by atoms with van der Waals surface area (Å²) in [5.74, 6) is 0. The maximum Gasteiger partial charge on any atom is 0.187 e. The molecule has 168 valence electrons. The first-order chi connectivity index (χ1) is 15.7. The van der Waals surface area contributed by atoms with Crippen LogP contribution in [0.3, 0.4) is 0 Å². The van der Waals surface area contributed by atoms with E-state index in [1.165, 1.54) is 12.8 Å². The molecule has 0 unspecified atom stereocenters. The third-order valence-corrected chi connectivity index (χ3v) is 8.49. The number of aryl methyl sites for hydroxylation is 1. The van der Waals surface area contributed by atoms with Crippen LogP contribution in [0.4, 0.5) is 5.13 Å². The lowest BCUT2D eigenvalue weighted by atomic mass is 9.84. The second-order valence-corrected chi connectivity index (χ2v) is 11.3. The fourth-order valence-corrected chi connectivity index (χ4v) is 6.83. The van der Waals surface area contributed by atoms with Crippen LogP contribution in [0.5, 0.6) is 0 Å². The van der Waals surface area contributed by atoms with Crippen molar-refractivity contribution in [2.75, 3.05) is 11.9 Å². The highest BCUT2D eigenvalue weighted by atomic mass is 32.1. The Hall–Kier alpha value is -3.02. The van der Waals surface area contributed by atoms with E-state index in [0.29, 0.717) is 11.6 Å². The molecule has 1 N–H and O–H groups in total. The minimum Gasteiger partial charge on any atom is -0.348 e. The molecule has 0 radical (unpaired) electrons. The average molecular weight is 458 g/mol. The van der Waals surface area contributed by atoms with Gasteiger partial charge < -0.3 is 10.2 Å². The molecular formula is C25H27N7S. The Morgan fingerprint density at radius 3 is 2.67 bits per heavy atom. The molecule has 1 aromatic carbocycles. The molecule has 2 saturated heterocycles. The molecule has 4 aromatic rings. The van der Waals surface area contributed by atoms with Crippen molar-refractivity contribution in [3.05, 3.63) is 36.0 Å². The molecule has 8 heteroatoms. The van der Waals surface area contributed by atoms with Gasteiger partial charge in [0.05, 0.1) is 11.3 Å². The van der Waals surface area contributed by atoms with Crippen LogP contribution in [0.2, 0.25) is 0 Å². The van der Waals surface area contributed by atoms with Crippen LogP contribution in [0, 0.1) is 11.3 Å². The number of fused-ring (bicyclic) bond motifs is 4. The smallest absolute Gasteiger partial charge is 0.187 e. The quantitative estimate of drug-likeness (QED) is 0.484. The summed E-state index contributed by atoms with van der Waals surface area (Å²) < 4.78 is 1.74. The largest absolute Gasteiger partial charge is 0.348 e. The summed E-state index contributed by atoms with van der Waals surface area (Å²) in [6.07, 6.45) is 6.69. The van der Waals surface area contributed by atoms with Gasteiger partial charge in [-0.05, 0) is 63.8 Å². The highest BCUT2D eigenvalue weighted by Gasteiger charge is 2.49. The van der Waals surface area contributed by atoms with E-state index in [9.17, 15) is 5.26 Å². The van der Waals surface area contributed by atoms with Gasteiger partial charge in [0, 0.05) is 48.4 Å². The average Bonchev–Trinajstić information content (AvgIpc) is 3.43. The number of hydrogen-bond acceptors (Lipinski definition) is 7. The molecule has 6 rings (SSSR count). The number of pyridine rings is 1. The summed E-state index contributed by atoms with van der Waals surface area (Å²) in [5, 5.41) is 19.9. The number of benzene rings is 1. The Morgan fingerprint density at radius 1 is 1.18 bits per heavy atom. The Balaban J connectivity index is 1.34. The molecule has 3 atom stereocenters. The molecule has 0 saturated carbocycles. The molecule has 2 fully saturated rings. The van der Waals surface area contributed by atoms with Gasteiger partial charge in [0.2, 0.25) is 0 Å². The van der Waals surface area contributed by atoms with Gasteiger partial charge in [0.15, 0.2) is 5.13 Å². The molecule has 2 bridgehead atoms. The van der Waals surface area contributed by atoms with Gasteiger partial charge in [-0.3, -0.25) is 4.68 Å². The monoisotopic (exact) mass is 457 g/mol. The Morgan fingerprint density at radius 2 is 1.94 bits per heavy atom. The third kappa shape index (κ3) is 3.38. The van der Waals surface area contributed by atoms with E-state index in [-0.39, 0.29) is 11.1 Å². The van der Waals surface area contributed by atoms with E-state index in [1.54, 1.807) is 16.0 Å². The van der Waals surface area contributed by atoms with Crippen LogP contribution in [0.25, 0.3) is 32.5 Å². The zero-order valence-electron chi connectivity index (χ0n) is 19.4. The molecule has 5 heterocycles. The summed E-state index contributed by atoms with van der Waals surface area (Å²) in [6.45, 7) is 4.72. The lowest BCUT2D eigenvalue weighted by molar-refractivity contribution is 0.208.